The lowest BCUT2D eigenvalue weighted by Crippen LogP contribution is -2.52. The van der Waals surface area contributed by atoms with Crippen molar-refractivity contribution >= 4 is 33.8 Å². The summed E-state index contributed by atoms with van der Waals surface area (Å²) in [7, 11) is 1.35. The standard InChI is InChI=1S/C34H37BrO8/c1-5-6-7-8-17-41-29(37)26(21-9-11-22(35)12-10-21)42-24-14-16-34-23-13-15-33(39)19-32(23,18-20(33)2)25(28(36)40-4)27(34)31(24,3)30(38)43-34/h1,9-12,14,16,23-27,39H,2,6-8,13,15,17-19H2,3-4H3/t23?,24-,25+,26?,27?,31+,32-,33-,34+/m0/s1. The van der Waals surface area contributed by atoms with Crippen LogP contribution >= 0.6 is 15.9 Å². The predicted octanol–water partition coefficient (Wildman–Crippen LogP) is 4.99. The number of esters is 3. The number of carbonyl (C=O) groups excluding carboxylic acids is 3. The van der Waals surface area contributed by atoms with Crippen LogP contribution in [-0.4, -0.2) is 54.0 Å². The van der Waals surface area contributed by atoms with Gasteiger partial charge in [-0.05, 0) is 80.2 Å². The summed E-state index contributed by atoms with van der Waals surface area (Å²) in [4.78, 5) is 41.2. The Hall–Kier alpha value is -2.93. The minimum atomic E-state index is -1.32. The van der Waals surface area contributed by atoms with Gasteiger partial charge in [0.05, 0.1) is 31.3 Å². The van der Waals surface area contributed by atoms with Gasteiger partial charge >= 0.3 is 17.9 Å². The summed E-state index contributed by atoms with van der Waals surface area (Å²) in [5.41, 5.74) is -2.83. The Kier molecular flexibility index (Phi) is 7.43. The monoisotopic (exact) mass is 652 g/mol. The molecule has 4 bridgehead atoms. The van der Waals surface area contributed by atoms with E-state index in [1.54, 1.807) is 31.2 Å². The second-order valence-corrected chi connectivity index (χ2v) is 13.9. The molecule has 6 rings (SSSR count). The second-order valence-electron chi connectivity index (χ2n) is 13.0. The maximum Gasteiger partial charge on any atom is 0.339 e. The van der Waals surface area contributed by atoms with Crippen LogP contribution in [-0.2, 0) is 33.3 Å². The van der Waals surface area contributed by atoms with Crippen molar-refractivity contribution in [3.05, 3.63) is 58.6 Å². The normalized spacial score (nSPS) is 39.0. The molecule has 0 aromatic heterocycles. The zero-order valence-electron chi connectivity index (χ0n) is 24.5. The van der Waals surface area contributed by atoms with Crippen molar-refractivity contribution < 1.29 is 38.4 Å². The number of ether oxygens (including phenoxy) is 4. The molecule has 8 nitrogen and oxygen atoms in total. The van der Waals surface area contributed by atoms with E-state index in [9.17, 15) is 19.5 Å². The van der Waals surface area contributed by atoms with Gasteiger partial charge in [0.25, 0.3) is 0 Å². The number of fused-ring (bicyclic) bond motifs is 1. The summed E-state index contributed by atoms with van der Waals surface area (Å²) < 4.78 is 24.7. The van der Waals surface area contributed by atoms with Crippen molar-refractivity contribution in [2.24, 2.45) is 28.6 Å². The fraction of sp³-hybridized carbons (Fsp3) is 0.559. The first kappa shape index (κ1) is 30.1. The highest BCUT2D eigenvalue weighted by molar-refractivity contribution is 9.10. The molecule has 9 atom stereocenters. The molecular formula is C34H37BrO8. The van der Waals surface area contributed by atoms with Crippen LogP contribution in [0.25, 0.3) is 0 Å². The van der Waals surface area contributed by atoms with Crippen LogP contribution in [0, 0.1) is 40.9 Å². The average molecular weight is 654 g/mol. The van der Waals surface area contributed by atoms with Crippen LogP contribution in [0.4, 0.5) is 0 Å². The zero-order chi connectivity index (χ0) is 30.8. The molecule has 1 N–H and O–H groups in total. The van der Waals surface area contributed by atoms with Gasteiger partial charge in [-0.25, -0.2) is 4.79 Å². The second kappa shape index (κ2) is 10.6. The Balaban J connectivity index is 1.37. The number of hydrogen-bond acceptors (Lipinski definition) is 8. The number of halogens is 1. The lowest BCUT2D eigenvalue weighted by Gasteiger charge is -2.44. The lowest BCUT2D eigenvalue weighted by molar-refractivity contribution is -0.176. The molecular weight excluding hydrogens is 616 g/mol. The molecule has 1 aromatic carbocycles. The molecule has 0 amide bonds. The summed E-state index contributed by atoms with van der Waals surface area (Å²) in [5.74, 6) is -0.488. The number of unbranched alkanes of at least 4 members (excludes halogenated alkanes) is 2. The fourth-order valence-electron chi connectivity index (χ4n) is 9.04. The van der Waals surface area contributed by atoms with E-state index in [0.29, 0.717) is 49.7 Å². The molecule has 3 saturated carbocycles. The van der Waals surface area contributed by atoms with Crippen molar-refractivity contribution in [2.45, 2.75) is 75.3 Å². The van der Waals surface area contributed by atoms with Gasteiger partial charge in [-0.2, -0.15) is 0 Å². The highest BCUT2D eigenvalue weighted by Gasteiger charge is 2.84. The first-order valence-electron chi connectivity index (χ1n) is 14.9. The molecule has 1 spiro atoms. The number of terminal acetylenes is 1. The van der Waals surface area contributed by atoms with Crippen molar-refractivity contribution in [1.82, 2.24) is 0 Å². The minimum absolute atomic E-state index is 0.184. The number of methoxy groups -OCH3 is 1. The van der Waals surface area contributed by atoms with Crippen molar-refractivity contribution in [2.75, 3.05) is 13.7 Å². The third-order valence-electron chi connectivity index (χ3n) is 10.9. The van der Waals surface area contributed by atoms with Crippen LogP contribution < -0.4 is 0 Å². The lowest BCUT2D eigenvalue weighted by atomic mass is 9.61. The maximum absolute atomic E-state index is 14.0. The molecule has 1 aliphatic heterocycles. The molecule has 5 aliphatic rings. The SMILES string of the molecule is C#CCCCCOC(=O)C(O[C@H]1C=C[C@]23OC(=O)[C@@]1(C)C2[C@H](C(=O)OC)[C@]12CC(=C)[C@](O)(CCC31)C2)c1ccc(Br)cc1. The average Bonchev–Trinajstić information content (AvgIpc) is 3.40. The Morgan fingerprint density at radius 3 is 2.72 bits per heavy atom. The molecule has 4 aliphatic carbocycles. The van der Waals surface area contributed by atoms with Crippen molar-refractivity contribution in [3.8, 4) is 12.3 Å². The Morgan fingerprint density at radius 1 is 1.28 bits per heavy atom. The minimum Gasteiger partial charge on any atom is -0.469 e. The molecule has 1 aromatic rings. The van der Waals surface area contributed by atoms with Gasteiger partial charge < -0.3 is 24.1 Å². The fourth-order valence-corrected chi connectivity index (χ4v) is 9.31. The van der Waals surface area contributed by atoms with Crippen molar-refractivity contribution in [3.63, 3.8) is 0 Å². The third-order valence-corrected chi connectivity index (χ3v) is 11.4. The van der Waals surface area contributed by atoms with E-state index in [4.69, 9.17) is 25.4 Å². The number of rotatable bonds is 9. The number of aliphatic hydroxyl groups is 1. The summed E-state index contributed by atoms with van der Waals surface area (Å²) in [5, 5.41) is 11.5. The third kappa shape index (κ3) is 4.27. The number of hydrogen-bond donors (Lipinski definition) is 1. The van der Waals surface area contributed by atoms with Gasteiger partial charge in [0, 0.05) is 22.7 Å². The largest absolute Gasteiger partial charge is 0.469 e. The Bertz CT molecular complexity index is 1430. The number of carbonyl (C=O) groups is 3. The van der Waals surface area contributed by atoms with Crippen LogP contribution in [0.3, 0.4) is 0 Å². The summed E-state index contributed by atoms with van der Waals surface area (Å²) in [6.07, 6.45) is 10.8. The van der Waals surface area contributed by atoms with E-state index in [-0.39, 0.29) is 12.5 Å². The van der Waals surface area contributed by atoms with Crippen LogP contribution in [0.2, 0.25) is 0 Å². The predicted molar refractivity (Wildman–Crippen MR) is 159 cm³/mol. The molecule has 228 valence electrons. The first-order chi connectivity index (χ1) is 20.5. The Labute approximate surface area is 260 Å². The van der Waals surface area contributed by atoms with Crippen LogP contribution in [0.5, 0.6) is 0 Å². The van der Waals surface area contributed by atoms with Gasteiger partial charge in [-0.3, -0.25) is 9.59 Å². The summed E-state index contributed by atoms with van der Waals surface area (Å²) in [6.45, 7) is 6.14. The molecule has 3 unspecified atom stereocenters. The first-order valence-corrected chi connectivity index (χ1v) is 15.7. The topological polar surface area (TPSA) is 108 Å². The van der Waals surface area contributed by atoms with Gasteiger partial charge in [0.15, 0.2) is 6.10 Å². The Morgan fingerprint density at radius 2 is 2.02 bits per heavy atom. The van der Waals surface area contributed by atoms with E-state index < -0.39 is 64.0 Å². The van der Waals surface area contributed by atoms with Gasteiger partial charge in [-0.1, -0.05) is 40.7 Å². The smallest absolute Gasteiger partial charge is 0.339 e. The summed E-state index contributed by atoms with van der Waals surface area (Å²) in [6, 6.07) is 7.15. The highest BCUT2D eigenvalue weighted by atomic mass is 79.9. The van der Waals surface area contributed by atoms with E-state index in [0.717, 1.165) is 10.9 Å². The zero-order valence-corrected chi connectivity index (χ0v) is 26.1. The van der Waals surface area contributed by atoms with E-state index in [2.05, 4.69) is 28.4 Å². The molecule has 1 heterocycles. The molecule has 0 radical (unpaired) electrons. The van der Waals surface area contributed by atoms with Gasteiger partial charge in [0.2, 0.25) is 0 Å². The van der Waals surface area contributed by atoms with Gasteiger partial charge in [0.1, 0.15) is 11.0 Å². The van der Waals surface area contributed by atoms with Crippen LogP contribution in [0.15, 0.2) is 53.0 Å². The van der Waals surface area contributed by atoms with E-state index in [1.807, 2.05) is 12.2 Å². The van der Waals surface area contributed by atoms with Crippen LogP contribution in [0.1, 0.15) is 63.5 Å². The molecule has 4 fully saturated rings. The summed E-state index contributed by atoms with van der Waals surface area (Å²) >= 11 is 3.44. The van der Waals surface area contributed by atoms with E-state index in [1.165, 1.54) is 7.11 Å². The van der Waals surface area contributed by atoms with Crippen molar-refractivity contribution in [1.29, 1.82) is 0 Å². The number of benzene rings is 1. The molecule has 9 heteroatoms. The van der Waals surface area contributed by atoms with E-state index >= 15 is 0 Å². The molecule has 1 saturated heterocycles. The maximum atomic E-state index is 14.0. The highest BCUT2D eigenvalue weighted by Crippen LogP contribution is 2.77. The quantitative estimate of drug-likeness (QED) is 0.131. The van der Waals surface area contributed by atoms with Gasteiger partial charge in [-0.15, -0.1) is 12.3 Å². The molecule has 43 heavy (non-hydrogen) atoms.